The number of aromatic nitrogens is 2. The number of benzene rings is 1. The van der Waals surface area contributed by atoms with Crippen LogP contribution in [-0.2, 0) is 9.84 Å². The molecule has 0 radical (unpaired) electrons. The molecule has 96 valence electrons. The molecule has 0 amide bonds. The minimum absolute atomic E-state index is 0.00999. The van der Waals surface area contributed by atoms with Gasteiger partial charge in [-0.15, -0.1) is 0 Å². The number of sulfone groups is 1. The Morgan fingerprint density at radius 3 is 1.94 bits per heavy atom. The van der Waals surface area contributed by atoms with Gasteiger partial charge in [0.25, 0.3) is 0 Å². The summed E-state index contributed by atoms with van der Waals surface area (Å²) in [6.45, 7) is 0. The Bertz CT molecular complexity index is 761. The van der Waals surface area contributed by atoms with Gasteiger partial charge in [0.15, 0.2) is 14.9 Å². The zero-order valence-electron chi connectivity index (χ0n) is 8.71. The summed E-state index contributed by atoms with van der Waals surface area (Å²) < 4.78 is 22.8. The summed E-state index contributed by atoms with van der Waals surface area (Å²) in [6, 6.07) is 0. The van der Waals surface area contributed by atoms with Gasteiger partial charge in [-0.3, -0.25) is 0 Å². The fraction of sp³-hybridized carbons (Fsp3) is 0.111. The van der Waals surface area contributed by atoms with Gasteiger partial charge in [0, 0.05) is 6.26 Å². The highest BCUT2D eigenvalue weighted by Gasteiger charge is 2.19. The molecule has 0 aliphatic heterocycles. The normalized spacial score (nSPS) is 12.1. The van der Waals surface area contributed by atoms with Crippen LogP contribution >= 0.6 is 46.4 Å². The van der Waals surface area contributed by atoms with Crippen LogP contribution in [-0.4, -0.2) is 24.6 Å². The van der Waals surface area contributed by atoms with Crippen molar-refractivity contribution in [1.82, 2.24) is 9.97 Å². The van der Waals surface area contributed by atoms with E-state index in [1.54, 1.807) is 0 Å². The minimum Gasteiger partial charge on any atom is -0.250 e. The van der Waals surface area contributed by atoms with Gasteiger partial charge in [-0.2, -0.15) is 0 Å². The first-order valence-electron chi connectivity index (χ1n) is 4.42. The molecule has 4 nitrogen and oxygen atoms in total. The summed E-state index contributed by atoms with van der Waals surface area (Å²) in [4.78, 5) is 7.81. The van der Waals surface area contributed by atoms with Crippen LogP contribution in [0.15, 0.2) is 11.2 Å². The predicted octanol–water partition coefficient (Wildman–Crippen LogP) is 3.65. The molecule has 1 aromatic heterocycles. The Morgan fingerprint density at radius 1 is 0.944 bits per heavy atom. The van der Waals surface area contributed by atoms with Crippen LogP contribution < -0.4 is 0 Å². The lowest BCUT2D eigenvalue weighted by molar-refractivity contribution is 0.598. The highest BCUT2D eigenvalue weighted by atomic mass is 35.5. The van der Waals surface area contributed by atoms with Crippen molar-refractivity contribution in [2.24, 2.45) is 0 Å². The van der Waals surface area contributed by atoms with Crippen molar-refractivity contribution in [2.45, 2.75) is 5.03 Å². The average molecular weight is 346 g/mol. The quantitative estimate of drug-likeness (QED) is 0.584. The number of halogens is 4. The van der Waals surface area contributed by atoms with E-state index in [0.29, 0.717) is 0 Å². The Hall–Kier alpha value is -0.330. The van der Waals surface area contributed by atoms with Crippen LogP contribution in [0.1, 0.15) is 0 Å². The van der Waals surface area contributed by atoms with Gasteiger partial charge in [-0.05, 0) is 0 Å². The fourth-order valence-electron chi connectivity index (χ4n) is 1.27. The summed E-state index contributed by atoms with van der Waals surface area (Å²) >= 11 is 23.6. The fourth-order valence-corrected chi connectivity index (χ4v) is 2.69. The van der Waals surface area contributed by atoms with E-state index in [-0.39, 0.29) is 36.1 Å². The summed E-state index contributed by atoms with van der Waals surface area (Å²) in [5.41, 5.74) is 0.294. The van der Waals surface area contributed by atoms with Gasteiger partial charge < -0.3 is 0 Å². The van der Waals surface area contributed by atoms with E-state index in [2.05, 4.69) is 9.97 Å². The van der Waals surface area contributed by atoms with Gasteiger partial charge in [0.2, 0.25) is 0 Å². The van der Waals surface area contributed by atoms with E-state index in [1.807, 2.05) is 0 Å². The molecule has 2 rings (SSSR count). The van der Waals surface area contributed by atoms with E-state index >= 15 is 0 Å². The van der Waals surface area contributed by atoms with Crippen molar-refractivity contribution in [3.05, 3.63) is 26.3 Å². The van der Waals surface area contributed by atoms with Crippen LogP contribution in [0.5, 0.6) is 0 Å². The summed E-state index contributed by atoms with van der Waals surface area (Å²) in [5.74, 6) is 0. The van der Waals surface area contributed by atoms with Crippen LogP contribution in [0.3, 0.4) is 0 Å². The molecule has 0 N–H and O–H groups in total. The molecular weight excluding hydrogens is 342 g/mol. The third-order valence-corrected chi connectivity index (χ3v) is 4.86. The van der Waals surface area contributed by atoms with Gasteiger partial charge in [0.1, 0.15) is 11.0 Å². The predicted molar refractivity (Wildman–Crippen MR) is 72.7 cm³/mol. The summed E-state index contributed by atoms with van der Waals surface area (Å²) in [6.07, 6.45) is 2.10. The van der Waals surface area contributed by atoms with Crippen molar-refractivity contribution in [2.75, 3.05) is 6.26 Å². The Kier molecular flexibility index (Phi) is 3.64. The molecule has 0 aliphatic carbocycles. The van der Waals surface area contributed by atoms with Crippen LogP contribution in [0, 0.1) is 0 Å². The molecule has 0 saturated carbocycles. The maximum atomic E-state index is 11.4. The molecule has 1 heterocycles. The molecule has 0 fully saturated rings. The lowest BCUT2D eigenvalue weighted by Crippen LogP contribution is -2.02. The van der Waals surface area contributed by atoms with Crippen LogP contribution in [0.4, 0.5) is 0 Å². The third kappa shape index (κ3) is 2.26. The number of hydrogen-bond acceptors (Lipinski definition) is 4. The van der Waals surface area contributed by atoms with Crippen molar-refractivity contribution >= 4 is 67.3 Å². The molecule has 9 heteroatoms. The topological polar surface area (TPSA) is 59.9 Å². The standard InChI is InChI=1S/C9H4Cl4N2O2S/c1-18(16,17)3-2-14-8-6(12)4(10)5(11)7(13)9(8)15-3/h2H,1H3. The van der Waals surface area contributed by atoms with Crippen LogP contribution in [0.25, 0.3) is 11.0 Å². The smallest absolute Gasteiger partial charge is 0.194 e. The molecular formula is C9H4Cl4N2O2S. The summed E-state index contributed by atoms with van der Waals surface area (Å²) in [7, 11) is -3.50. The monoisotopic (exact) mass is 344 g/mol. The second-order valence-electron chi connectivity index (χ2n) is 3.43. The third-order valence-electron chi connectivity index (χ3n) is 2.12. The number of nitrogens with zero attached hydrogens (tertiary/aromatic N) is 2. The zero-order chi connectivity index (χ0) is 13.7. The van der Waals surface area contributed by atoms with Gasteiger partial charge in [-0.1, -0.05) is 46.4 Å². The zero-order valence-corrected chi connectivity index (χ0v) is 12.5. The number of fused-ring (bicyclic) bond motifs is 1. The van der Waals surface area contributed by atoms with Crippen molar-refractivity contribution in [1.29, 1.82) is 0 Å². The molecule has 0 atom stereocenters. The maximum absolute atomic E-state index is 11.4. The molecule has 0 unspecified atom stereocenters. The van der Waals surface area contributed by atoms with E-state index in [0.717, 1.165) is 12.5 Å². The second kappa shape index (κ2) is 4.65. The highest BCUT2D eigenvalue weighted by Crippen LogP contribution is 2.41. The first-order chi connectivity index (χ1) is 8.23. The molecule has 2 aromatic rings. The van der Waals surface area contributed by atoms with Crippen molar-refractivity contribution in [3.8, 4) is 0 Å². The van der Waals surface area contributed by atoms with Crippen molar-refractivity contribution < 1.29 is 8.42 Å². The largest absolute Gasteiger partial charge is 0.250 e. The molecule has 0 spiro atoms. The molecule has 0 saturated heterocycles. The first kappa shape index (κ1) is 14.1. The van der Waals surface area contributed by atoms with Crippen molar-refractivity contribution in [3.63, 3.8) is 0 Å². The Labute approximate surface area is 123 Å². The average Bonchev–Trinajstić information content (AvgIpc) is 2.32. The van der Waals surface area contributed by atoms with E-state index in [4.69, 9.17) is 46.4 Å². The Morgan fingerprint density at radius 2 is 1.44 bits per heavy atom. The summed E-state index contributed by atoms with van der Waals surface area (Å²) in [5, 5.41) is -0.0629. The number of hydrogen-bond donors (Lipinski definition) is 0. The molecule has 0 bridgehead atoms. The van der Waals surface area contributed by atoms with E-state index in [9.17, 15) is 8.42 Å². The molecule has 18 heavy (non-hydrogen) atoms. The SMILES string of the molecule is CS(=O)(=O)c1cnc2c(Cl)c(Cl)c(Cl)c(Cl)c2n1. The van der Waals surface area contributed by atoms with Gasteiger partial charge in [-0.25, -0.2) is 18.4 Å². The lowest BCUT2D eigenvalue weighted by Gasteiger charge is -2.07. The first-order valence-corrected chi connectivity index (χ1v) is 7.82. The van der Waals surface area contributed by atoms with Gasteiger partial charge >= 0.3 is 0 Å². The second-order valence-corrected chi connectivity index (χ2v) is 6.91. The minimum atomic E-state index is -3.50. The van der Waals surface area contributed by atoms with Crippen LogP contribution in [0.2, 0.25) is 20.1 Å². The number of rotatable bonds is 1. The van der Waals surface area contributed by atoms with Gasteiger partial charge in [0.05, 0.1) is 26.3 Å². The van der Waals surface area contributed by atoms with E-state index in [1.165, 1.54) is 0 Å². The highest BCUT2D eigenvalue weighted by molar-refractivity contribution is 7.90. The van der Waals surface area contributed by atoms with E-state index < -0.39 is 9.84 Å². The molecule has 1 aromatic carbocycles. The Balaban J connectivity index is 2.95. The maximum Gasteiger partial charge on any atom is 0.194 e. The lowest BCUT2D eigenvalue weighted by atomic mass is 10.3. The molecule has 0 aliphatic rings.